The molecule has 0 atom stereocenters. The number of nitrogens with zero attached hydrogens (tertiary/aromatic N) is 1. The predicted octanol–water partition coefficient (Wildman–Crippen LogP) is 2.57. The van der Waals surface area contributed by atoms with E-state index in [1.165, 1.54) is 31.2 Å². The van der Waals surface area contributed by atoms with E-state index >= 15 is 0 Å². The molecule has 1 aromatic carbocycles. The smallest absolute Gasteiger partial charge is 0.263 e. The molecule has 0 spiro atoms. The average Bonchev–Trinajstić information content (AvgIpc) is 2.37. The fourth-order valence-electron chi connectivity index (χ4n) is 1.50. The number of halogens is 2. The Morgan fingerprint density at radius 2 is 2.05 bits per heavy atom. The highest BCUT2D eigenvalue weighted by atomic mass is 35.5. The molecule has 0 bridgehead atoms. The quantitative estimate of drug-likeness (QED) is 0.911. The van der Waals surface area contributed by atoms with E-state index in [0.29, 0.717) is 5.56 Å². The van der Waals surface area contributed by atoms with E-state index in [1.807, 2.05) is 0 Å². The number of nitrogens with one attached hydrogen (secondary N) is 1. The summed E-state index contributed by atoms with van der Waals surface area (Å²) in [6, 6.07) is 5.09. The first-order valence-corrected chi connectivity index (χ1v) is 7.36. The van der Waals surface area contributed by atoms with Crippen LogP contribution in [0.5, 0.6) is 0 Å². The maximum absolute atomic E-state index is 13.1. The highest BCUT2D eigenvalue weighted by Gasteiger charge is 2.16. The minimum Gasteiger partial charge on any atom is -0.382 e. The second-order valence-electron chi connectivity index (χ2n) is 4.11. The second-order valence-corrected chi connectivity index (χ2v) is 6.20. The van der Waals surface area contributed by atoms with Gasteiger partial charge in [0.25, 0.3) is 10.0 Å². The molecule has 0 aliphatic carbocycles. The van der Waals surface area contributed by atoms with E-state index < -0.39 is 15.8 Å². The Kier molecular flexibility index (Phi) is 3.82. The van der Waals surface area contributed by atoms with Gasteiger partial charge in [0.15, 0.2) is 0 Å². The van der Waals surface area contributed by atoms with Crippen molar-refractivity contribution in [3.05, 3.63) is 46.9 Å². The van der Waals surface area contributed by atoms with Gasteiger partial charge in [0.05, 0.1) is 5.02 Å². The molecule has 0 unspecified atom stereocenters. The summed E-state index contributed by atoms with van der Waals surface area (Å²) in [5.41, 5.74) is 6.00. The van der Waals surface area contributed by atoms with Crippen LogP contribution in [0.1, 0.15) is 5.56 Å². The maximum atomic E-state index is 13.1. The summed E-state index contributed by atoms with van der Waals surface area (Å²) in [6.45, 7) is 1.54. The maximum Gasteiger partial charge on any atom is 0.263 e. The highest BCUT2D eigenvalue weighted by molar-refractivity contribution is 7.92. The van der Waals surface area contributed by atoms with Crippen LogP contribution >= 0.6 is 11.6 Å². The third kappa shape index (κ3) is 3.00. The third-order valence-corrected chi connectivity index (χ3v) is 4.22. The minimum absolute atomic E-state index is 0.0446. The Balaban J connectivity index is 2.35. The molecule has 5 nitrogen and oxygen atoms in total. The lowest BCUT2D eigenvalue weighted by Gasteiger charge is -2.09. The first kappa shape index (κ1) is 14.5. The zero-order valence-electron chi connectivity index (χ0n) is 10.4. The van der Waals surface area contributed by atoms with Gasteiger partial charge in [-0.2, -0.15) is 0 Å². The van der Waals surface area contributed by atoms with Crippen molar-refractivity contribution in [1.29, 1.82) is 0 Å². The third-order valence-electron chi connectivity index (χ3n) is 2.57. The Morgan fingerprint density at radius 3 is 2.65 bits per heavy atom. The molecule has 106 valence electrons. The van der Waals surface area contributed by atoms with Gasteiger partial charge in [-0.3, -0.25) is 4.72 Å². The molecule has 0 aliphatic heterocycles. The standard InChI is InChI=1S/C12H11ClFN3O2S/c1-7-4-8(2-3-11(7)14)17-20(18,19)9-5-10(13)12(15)16-6-9/h2-6,17H,1H3,(H2,15,16). The van der Waals surface area contributed by atoms with Crippen molar-refractivity contribution in [2.45, 2.75) is 11.8 Å². The Bertz CT molecular complexity index is 765. The van der Waals surface area contributed by atoms with E-state index in [-0.39, 0.29) is 21.4 Å². The Hall–Kier alpha value is -1.86. The summed E-state index contributed by atoms with van der Waals surface area (Å²) in [4.78, 5) is 3.56. The van der Waals surface area contributed by atoms with Crippen LogP contribution in [0.15, 0.2) is 35.4 Å². The highest BCUT2D eigenvalue weighted by Crippen LogP contribution is 2.22. The zero-order chi connectivity index (χ0) is 14.9. The first-order valence-electron chi connectivity index (χ1n) is 5.49. The van der Waals surface area contributed by atoms with Crippen LogP contribution in [0, 0.1) is 12.7 Å². The fourth-order valence-corrected chi connectivity index (χ4v) is 2.75. The SMILES string of the molecule is Cc1cc(NS(=O)(=O)c2cnc(N)c(Cl)c2)ccc1F. The molecule has 0 saturated carbocycles. The molecular formula is C12H11ClFN3O2S. The van der Waals surface area contributed by atoms with Gasteiger partial charge < -0.3 is 5.73 Å². The summed E-state index contributed by atoms with van der Waals surface area (Å²) in [5, 5.41) is 0.0446. The number of sulfonamides is 1. The molecule has 3 N–H and O–H groups in total. The lowest BCUT2D eigenvalue weighted by molar-refractivity contribution is 0.600. The molecular weight excluding hydrogens is 305 g/mol. The minimum atomic E-state index is -3.86. The van der Waals surface area contributed by atoms with Crippen LogP contribution in [0.2, 0.25) is 5.02 Å². The number of rotatable bonds is 3. The van der Waals surface area contributed by atoms with Gasteiger partial charge in [-0.15, -0.1) is 0 Å². The normalized spacial score (nSPS) is 11.3. The van der Waals surface area contributed by atoms with Gasteiger partial charge in [-0.25, -0.2) is 17.8 Å². The van der Waals surface area contributed by atoms with E-state index in [4.69, 9.17) is 17.3 Å². The van der Waals surface area contributed by atoms with Crippen LogP contribution < -0.4 is 10.5 Å². The molecule has 1 aromatic heterocycles. The molecule has 20 heavy (non-hydrogen) atoms. The predicted molar refractivity (Wildman–Crippen MR) is 75.6 cm³/mol. The monoisotopic (exact) mass is 315 g/mol. The fraction of sp³-hybridized carbons (Fsp3) is 0.0833. The molecule has 0 fully saturated rings. The van der Waals surface area contributed by atoms with Crippen molar-refractivity contribution in [2.75, 3.05) is 10.5 Å². The van der Waals surface area contributed by atoms with Crippen molar-refractivity contribution in [3.63, 3.8) is 0 Å². The second kappa shape index (κ2) is 5.26. The molecule has 1 heterocycles. The molecule has 0 saturated heterocycles. The number of aromatic nitrogens is 1. The number of nitrogen functional groups attached to an aromatic ring is 1. The molecule has 0 radical (unpaired) electrons. The van der Waals surface area contributed by atoms with E-state index in [1.54, 1.807) is 0 Å². The number of aryl methyl sites for hydroxylation is 1. The lowest BCUT2D eigenvalue weighted by Crippen LogP contribution is -2.13. The van der Waals surface area contributed by atoms with Crippen molar-refractivity contribution in [1.82, 2.24) is 4.98 Å². The van der Waals surface area contributed by atoms with Crippen molar-refractivity contribution in [2.24, 2.45) is 0 Å². The molecule has 2 aromatic rings. The van der Waals surface area contributed by atoms with Crippen LogP contribution in [-0.2, 0) is 10.0 Å². The number of pyridine rings is 1. The average molecular weight is 316 g/mol. The van der Waals surface area contributed by atoms with E-state index in [0.717, 1.165) is 6.20 Å². The molecule has 2 rings (SSSR count). The molecule has 8 heteroatoms. The molecule has 0 aliphatic rings. The van der Waals surface area contributed by atoms with Gasteiger partial charge in [-0.05, 0) is 36.8 Å². The zero-order valence-corrected chi connectivity index (χ0v) is 12.0. The Morgan fingerprint density at radius 1 is 1.35 bits per heavy atom. The van der Waals surface area contributed by atoms with Crippen LogP contribution in [0.25, 0.3) is 0 Å². The van der Waals surface area contributed by atoms with Crippen LogP contribution in [0.3, 0.4) is 0 Å². The van der Waals surface area contributed by atoms with Crippen LogP contribution in [0.4, 0.5) is 15.9 Å². The van der Waals surface area contributed by atoms with Gasteiger partial charge >= 0.3 is 0 Å². The lowest BCUT2D eigenvalue weighted by atomic mass is 10.2. The van der Waals surface area contributed by atoms with Gasteiger partial charge in [0.1, 0.15) is 16.5 Å². The number of anilines is 2. The van der Waals surface area contributed by atoms with Crippen molar-refractivity contribution >= 4 is 33.1 Å². The van der Waals surface area contributed by atoms with Gasteiger partial charge in [-0.1, -0.05) is 11.6 Å². The van der Waals surface area contributed by atoms with Crippen molar-refractivity contribution in [3.8, 4) is 0 Å². The first-order chi connectivity index (χ1) is 9.29. The largest absolute Gasteiger partial charge is 0.382 e. The van der Waals surface area contributed by atoms with E-state index in [9.17, 15) is 12.8 Å². The number of benzene rings is 1. The van der Waals surface area contributed by atoms with Gasteiger partial charge in [0, 0.05) is 11.9 Å². The number of hydrogen-bond acceptors (Lipinski definition) is 4. The summed E-state index contributed by atoms with van der Waals surface area (Å²) in [6.07, 6.45) is 1.10. The Labute approximate surface area is 120 Å². The van der Waals surface area contributed by atoms with E-state index in [2.05, 4.69) is 9.71 Å². The molecule has 0 amide bonds. The van der Waals surface area contributed by atoms with Gasteiger partial charge in [0.2, 0.25) is 0 Å². The summed E-state index contributed by atoms with van der Waals surface area (Å²) < 4.78 is 39.7. The van der Waals surface area contributed by atoms with Crippen LogP contribution in [-0.4, -0.2) is 13.4 Å². The summed E-state index contributed by atoms with van der Waals surface area (Å²) in [7, 11) is -3.86. The summed E-state index contributed by atoms with van der Waals surface area (Å²) in [5.74, 6) is -0.367. The van der Waals surface area contributed by atoms with Crippen molar-refractivity contribution < 1.29 is 12.8 Å². The summed E-state index contributed by atoms with van der Waals surface area (Å²) >= 11 is 5.74. The topological polar surface area (TPSA) is 85.1 Å². The number of nitrogens with two attached hydrogens (primary N) is 1. The number of hydrogen-bond donors (Lipinski definition) is 2.